The fraction of sp³-hybridized carbons (Fsp3) is 0.556. The third-order valence-electron chi connectivity index (χ3n) is 5.03. The van der Waals surface area contributed by atoms with Gasteiger partial charge in [0.25, 0.3) is 0 Å². The van der Waals surface area contributed by atoms with Crippen molar-refractivity contribution in [3.8, 4) is 5.75 Å². The molecule has 0 bridgehead atoms. The van der Waals surface area contributed by atoms with Gasteiger partial charge in [0.2, 0.25) is 11.8 Å². The molecule has 1 aromatic carbocycles. The summed E-state index contributed by atoms with van der Waals surface area (Å²) >= 11 is 0. The van der Waals surface area contributed by atoms with Crippen molar-refractivity contribution in [2.45, 2.75) is 31.6 Å². The highest BCUT2D eigenvalue weighted by atomic mass is 16.5. The van der Waals surface area contributed by atoms with Crippen LogP contribution in [-0.4, -0.2) is 43.7 Å². The van der Waals surface area contributed by atoms with E-state index < -0.39 is 0 Å². The van der Waals surface area contributed by atoms with Crippen molar-refractivity contribution in [1.29, 1.82) is 0 Å². The Bertz CT molecular complexity index is 607. The molecule has 2 aliphatic heterocycles. The smallest absolute Gasteiger partial charge is 0.227 e. The van der Waals surface area contributed by atoms with Gasteiger partial charge in [-0.05, 0) is 36.5 Å². The van der Waals surface area contributed by atoms with E-state index in [-0.39, 0.29) is 24.3 Å². The number of imide groups is 1. The Morgan fingerprint density at radius 1 is 1.21 bits per heavy atom. The van der Waals surface area contributed by atoms with Crippen LogP contribution >= 0.6 is 0 Å². The summed E-state index contributed by atoms with van der Waals surface area (Å²) in [4.78, 5) is 25.5. The van der Waals surface area contributed by atoms with Crippen LogP contribution in [0.2, 0.25) is 0 Å². The molecule has 0 saturated carbocycles. The van der Waals surface area contributed by atoms with Crippen molar-refractivity contribution in [2.75, 3.05) is 31.7 Å². The summed E-state index contributed by atoms with van der Waals surface area (Å²) in [6.07, 6.45) is 2.60. The number of methoxy groups -OCH3 is 1. The largest absolute Gasteiger partial charge is 0.495 e. The summed E-state index contributed by atoms with van der Waals surface area (Å²) in [5.41, 5.74) is 1.99. The molecule has 0 atom stereocenters. The quantitative estimate of drug-likeness (QED) is 0.816. The van der Waals surface area contributed by atoms with Crippen LogP contribution in [0.3, 0.4) is 0 Å². The van der Waals surface area contributed by atoms with E-state index in [0.29, 0.717) is 18.8 Å². The number of carbonyl (C=O) groups is 2. The number of nitrogens with zero attached hydrogens (tertiary/aromatic N) is 1. The minimum atomic E-state index is -0.217. The lowest BCUT2D eigenvalue weighted by Gasteiger charge is -2.34. The van der Waals surface area contributed by atoms with E-state index in [2.05, 4.69) is 10.2 Å². The monoisotopic (exact) mass is 332 g/mol. The Kier molecular flexibility index (Phi) is 5.04. The van der Waals surface area contributed by atoms with Gasteiger partial charge in [-0.25, -0.2) is 0 Å². The SMILES string of the molecule is COc1cc(C2CC(=O)NC(=O)C2)ccc1N1CCC(CO)CC1. The van der Waals surface area contributed by atoms with Crippen molar-refractivity contribution in [2.24, 2.45) is 5.92 Å². The second kappa shape index (κ2) is 7.21. The second-order valence-corrected chi connectivity index (χ2v) is 6.62. The third-order valence-corrected chi connectivity index (χ3v) is 5.03. The van der Waals surface area contributed by atoms with Gasteiger partial charge in [-0.15, -0.1) is 0 Å². The Hall–Kier alpha value is -2.08. The number of hydrogen-bond acceptors (Lipinski definition) is 5. The molecule has 2 amide bonds. The molecule has 24 heavy (non-hydrogen) atoms. The highest BCUT2D eigenvalue weighted by molar-refractivity contribution is 5.98. The zero-order valence-electron chi connectivity index (χ0n) is 14.0. The lowest BCUT2D eigenvalue weighted by Crippen LogP contribution is -2.37. The van der Waals surface area contributed by atoms with Gasteiger partial charge in [-0.3, -0.25) is 14.9 Å². The summed E-state index contributed by atoms with van der Waals surface area (Å²) in [7, 11) is 1.64. The lowest BCUT2D eigenvalue weighted by molar-refractivity contribution is -0.133. The van der Waals surface area contributed by atoms with E-state index >= 15 is 0 Å². The Morgan fingerprint density at radius 3 is 2.46 bits per heavy atom. The van der Waals surface area contributed by atoms with Crippen molar-refractivity contribution in [1.82, 2.24) is 5.32 Å². The molecule has 0 radical (unpaired) electrons. The van der Waals surface area contributed by atoms with Gasteiger partial charge in [0.05, 0.1) is 12.8 Å². The minimum Gasteiger partial charge on any atom is -0.495 e. The average Bonchev–Trinajstić information content (AvgIpc) is 2.60. The summed E-state index contributed by atoms with van der Waals surface area (Å²) in [5, 5.41) is 11.6. The predicted molar refractivity (Wildman–Crippen MR) is 90.1 cm³/mol. The van der Waals surface area contributed by atoms with Crippen LogP contribution in [0.5, 0.6) is 5.75 Å². The Labute approximate surface area is 141 Å². The fourth-order valence-corrected chi connectivity index (χ4v) is 3.58. The van der Waals surface area contributed by atoms with Gasteiger partial charge in [-0.2, -0.15) is 0 Å². The van der Waals surface area contributed by atoms with Crippen LogP contribution in [0.1, 0.15) is 37.2 Å². The van der Waals surface area contributed by atoms with Crippen molar-refractivity contribution < 1.29 is 19.4 Å². The van der Waals surface area contributed by atoms with Gasteiger partial charge < -0.3 is 14.7 Å². The normalized spacial score (nSPS) is 20.2. The molecule has 6 nitrogen and oxygen atoms in total. The van der Waals surface area contributed by atoms with Crippen molar-refractivity contribution in [3.63, 3.8) is 0 Å². The van der Waals surface area contributed by atoms with Crippen LogP contribution in [-0.2, 0) is 9.59 Å². The minimum absolute atomic E-state index is 0.0886. The maximum atomic E-state index is 11.6. The Balaban J connectivity index is 1.78. The molecule has 2 aliphatic rings. The number of rotatable bonds is 4. The van der Waals surface area contributed by atoms with E-state index in [9.17, 15) is 14.7 Å². The molecule has 1 aromatic rings. The molecule has 0 aromatic heterocycles. The number of carbonyl (C=O) groups excluding carboxylic acids is 2. The maximum Gasteiger partial charge on any atom is 0.227 e. The van der Waals surface area contributed by atoms with Crippen molar-refractivity contribution >= 4 is 17.5 Å². The molecule has 2 saturated heterocycles. The highest BCUT2D eigenvalue weighted by Gasteiger charge is 2.27. The number of hydrogen-bond donors (Lipinski definition) is 2. The first-order chi connectivity index (χ1) is 11.6. The van der Waals surface area contributed by atoms with E-state index in [1.54, 1.807) is 7.11 Å². The number of nitrogens with one attached hydrogen (secondary N) is 1. The number of ether oxygens (including phenoxy) is 1. The molecular weight excluding hydrogens is 308 g/mol. The lowest BCUT2D eigenvalue weighted by atomic mass is 9.89. The number of benzene rings is 1. The first-order valence-electron chi connectivity index (χ1n) is 8.47. The molecule has 2 N–H and O–H groups in total. The number of anilines is 1. The standard InChI is InChI=1S/C18H24N2O4/c1-24-16-8-13(14-9-17(22)19-18(23)10-14)2-3-15(16)20-6-4-12(11-21)5-7-20/h2-3,8,12,14,21H,4-7,9-11H2,1H3,(H,19,22,23). The van der Waals surface area contributed by atoms with Crippen LogP contribution in [0.25, 0.3) is 0 Å². The molecule has 0 unspecified atom stereocenters. The summed E-state index contributed by atoms with van der Waals surface area (Å²) in [6, 6.07) is 5.96. The fourth-order valence-electron chi connectivity index (χ4n) is 3.58. The zero-order valence-corrected chi connectivity index (χ0v) is 14.0. The topological polar surface area (TPSA) is 78.9 Å². The number of piperidine rings is 2. The Morgan fingerprint density at radius 2 is 1.88 bits per heavy atom. The summed E-state index contributed by atoms with van der Waals surface area (Å²) in [6.45, 7) is 2.04. The van der Waals surface area contributed by atoms with Gasteiger partial charge in [0, 0.05) is 38.5 Å². The average molecular weight is 332 g/mol. The van der Waals surface area contributed by atoms with E-state index in [1.807, 2.05) is 18.2 Å². The maximum absolute atomic E-state index is 11.6. The first-order valence-corrected chi connectivity index (χ1v) is 8.47. The van der Waals surface area contributed by atoms with Gasteiger partial charge in [0.1, 0.15) is 5.75 Å². The second-order valence-electron chi connectivity index (χ2n) is 6.62. The van der Waals surface area contributed by atoms with Crippen LogP contribution < -0.4 is 15.0 Å². The van der Waals surface area contributed by atoms with E-state index in [4.69, 9.17) is 4.74 Å². The van der Waals surface area contributed by atoms with Gasteiger partial charge in [0.15, 0.2) is 0 Å². The summed E-state index contributed by atoms with van der Waals surface area (Å²) in [5.74, 6) is 0.636. The highest BCUT2D eigenvalue weighted by Crippen LogP contribution is 2.36. The molecular formula is C18H24N2O4. The van der Waals surface area contributed by atoms with E-state index in [0.717, 1.165) is 42.9 Å². The predicted octanol–water partition coefficient (Wildman–Crippen LogP) is 1.42. The zero-order chi connectivity index (χ0) is 17.1. The molecule has 6 heteroatoms. The van der Waals surface area contributed by atoms with Gasteiger partial charge in [-0.1, -0.05) is 6.07 Å². The van der Waals surface area contributed by atoms with Gasteiger partial charge >= 0.3 is 0 Å². The van der Waals surface area contributed by atoms with Crippen molar-refractivity contribution in [3.05, 3.63) is 23.8 Å². The molecule has 2 fully saturated rings. The third kappa shape index (κ3) is 3.53. The molecule has 3 rings (SSSR count). The molecule has 0 aliphatic carbocycles. The number of aliphatic hydroxyl groups is 1. The van der Waals surface area contributed by atoms with Crippen LogP contribution in [0.15, 0.2) is 18.2 Å². The van der Waals surface area contributed by atoms with E-state index in [1.165, 1.54) is 0 Å². The van der Waals surface area contributed by atoms with Crippen LogP contribution in [0, 0.1) is 5.92 Å². The molecule has 130 valence electrons. The molecule has 0 spiro atoms. The number of aliphatic hydroxyl groups excluding tert-OH is 1. The first kappa shape index (κ1) is 16.8. The number of amides is 2. The molecule has 2 heterocycles. The van der Waals surface area contributed by atoms with Crippen LogP contribution in [0.4, 0.5) is 5.69 Å². The summed E-state index contributed by atoms with van der Waals surface area (Å²) < 4.78 is 5.56.